The highest BCUT2D eigenvalue weighted by Crippen LogP contribution is 2.26. The van der Waals surface area contributed by atoms with Crippen molar-refractivity contribution in [1.82, 2.24) is 10.2 Å². The van der Waals surface area contributed by atoms with E-state index in [0.717, 1.165) is 25.3 Å². The van der Waals surface area contributed by atoms with Crippen molar-refractivity contribution in [2.24, 2.45) is 4.99 Å². The summed E-state index contributed by atoms with van der Waals surface area (Å²) in [6, 6.07) is 10.1. The van der Waals surface area contributed by atoms with Gasteiger partial charge in [0, 0.05) is 25.2 Å². The lowest BCUT2D eigenvalue weighted by Crippen LogP contribution is -2.41. The molecule has 2 aromatic rings. The van der Waals surface area contributed by atoms with Gasteiger partial charge in [0.2, 0.25) is 5.90 Å². The van der Waals surface area contributed by atoms with Crippen LogP contribution in [0.3, 0.4) is 0 Å². The van der Waals surface area contributed by atoms with Crippen molar-refractivity contribution in [2.45, 2.75) is 13.0 Å². The van der Waals surface area contributed by atoms with Crippen molar-refractivity contribution in [3.05, 3.63) is 71.6 Å². The van der Waals surface area contributed by atoms with Crippen LogP contribution in [0.25, 0.3) is 0 Å². The number of ether oxygens (including phenoxy) is 2. The van der Waals surface area contributed by atoms with Gasteiger partial charge in [0.15, 0.2) is 11.6 Å². The van der Waals surface area contributed by atoms with E-state index in [1.807, 2.05) is 6.08 Å². The van der Waals surface area contributed by atoms with E-state index in [9.17, 15) is 8.78 Å². The first-order valence-corrected chi connectivity index (χ1v) is 8.77. The Morgan fingerprint density at radius 2 is 2.07 bits per heavy atom. The maximum absolute atomic E-state index is 14.3. The van der Waals surface area contributed by atoms with Gasteiger partial charge < -0.3 is 19.7 Å². The highest BCUT2D eigenvalue weighted by Gasteiger charge is 2.18. The molecule has 0 aromatic heterocycles. The van der Waals surface area contributed by atoms with E-state index in [-0.39, 0.29) is 18.1 Å². The molecule has 0 spiro atoms. The summed E-state index contributed by atoms with van der Waals surface area (Å²) in [5.41, 5.74) is 0.652. The zero-order valence-electron chi connectivity index (χ0n) is 14.6. The number of hydrogen-bond acceptors (Lipinski definition) is 5. The quantitative estimate of drug-likeness (QED) is 0.889. The molecule has 1 fully saturated rings. The summed E-state index contributed by atoms with van der Waals surface area (Å²) in [5, 5.41) is 3.32. The molecule has 7 heteroatoms. The minimum Gasteiger partial charge on any atom is -0.473 e. The Labute approximate surface area is 155 Å². The molecule has 0 unspecified atom stereocenters. The van der Waals surface area contributed by atoms with Gasteiger partial charge in [0.1, 0.15) is 30.7 Å². The Kier molecular flexibility index (Phi) is 4.91. The number of fused-ring (bicyclic) bond motifs is 1. The number of halogens is 2. The van der Waals surface area contributed by atoms with Gasteiger partial charge in [-0.25, -0.2) is 13.8 Å². The first kappa shape index (κ1) is 17.3. The maximum Gasteiger partial charge on any atom is 0.214 e. The molecule has 0 saturated carbocycles. The number of nitrogens with zero attached hydrogens (tertiary/aromatic N) is 2. The Morgan fingerprint density at radius 1 is 1.15 bits per heavy atom. The molecule has 2 aromatic carbocycles. The van der Waals surface area contributed by atoms with Crippen LogP contribution in [0.15, 0.2) is 59.4 Å². The SMILES string of the molecule is Fc1cccc(Oc2ccc(COC3=NCN4CCCNC4=C3)cc2F)c1. The van der Waals surface area contributed by atoms with Crippen LogP contribution in [-0.2, 0) is 11.3 Å². The van der Waals surface area contributed by atoms with E-state index >= 15 is 0 Å². The monoisotopic (exact) mass is 371 g/mol. The van der Waals surface area contributed by atoms with Crippen LogP contribution in [0.4, 0.5) is 8.78 Å². The predicted molar refractivity (Wildman–Crippen MR) is 97.4 cm³/mol. The Bertz CT molecular complexity index is 899. The summed E-state index contributed by atoms with van der Waals surface area (Å²) in [5.74, 6) is 0.831. The average Bonchev–Trinajstić information content (AvgIpc) is 2.68. The lowest BCUT2D eigenvalue weighted by Gasteiger charge is -2.33. The number of nitrogens with one attached hydrogen (secondary N) is 1. The summed E-state index contributed by atoms with van der Waals surface area (Å²) in [7, 11) is 0. The second-order valence-corrected chi connectivity index (χ2v) is 6.32. The fourth-order valence-electron chi connectivity index (χ4n) is 2.94. The van der Waals surface area contributed by atoms with Gasteiger partial charge in [-0.15, -0.1) is 0 Å². The van der Waals surface area contributed by atoms with Gasteiger partial charge in [0.25, 0.3) is 0 Å². The van der Waals surface area contributed by atoms with E-state index in [4.69, 9.17) is 9.47 Å². The largest absolute Gasteiger partial charge is 0.473 e. The molecule has 1 N–H and O–H groups in total. The third-order valence-electron chi connectivity index (χ3n) is 4.32. The van der Waals surface area contributed by atoms with Crippen molar-refractivity contribution in [3.63, 3.8) is 0 Å². The molecule has 0 amide bonds. The Morgan fingerprint density at radius 3 is 2.93 bits per heavy atom. The fourth-order valence-corrected chi connectivity index (χ4v) is 2.94. The lowest BCUT2D eigenvalue weighted by molar-refractivity contribution is 0.256. The van der Waals surface area contributed by atoms with Crippen LogP contribution in [0.1, 0.15) is 12.0 Å². The molecule has 4 rings (SSSR count). The van der Waals surface area contributed by atoms with E-state index < -0.39 is 11.6 Å². The second kappa shape index (κ2) is 7.65. The highest BCUT2D eigenvalue weighted by molar-refractivity contribution is 5.88. The topological polar surface area (TPSA) is 46.1 Å². The minimum atomic E-state index is -0.538. The number of hydrogen-bond donors (Lipinski definition) is 1. The van der Waals surface area contributed by atoms with Gasteiger partial charge in [-0.05, 0) is 36.2 Å². The standard InChI is InChI=1S/C20H19F2N3O2/c21-15-3-1-4-16(10-15)27-18-6-5-14(9-17(18)22)12-26-20-11-19-23-7-2-8-25(19)13-24-20/h1,3-6,9-11,23H,2,7-8,12-13H2. The molecule has 0 bridgehead atoms. The third-order valence-corrected chi connectivity index (χ3v) is 4.32. The maximum atomic E-state index is 14.3. The first-order valence-electron chi connectivity index (χ1n) is 8.77. The average molecular weight is 371 g/mol. The number of benzene rings is 2. The van der Waals surface area contributed by atoms with Crippen molar-refractivity contribution in [3.8, 4) is 11.5 Å². The van der Waals surface area contributed by atoms with E-state index in [1.165, 1.54) is 30.3 Å². The molecule has 1 saturated heterocycles. The van der Waals surface area contributed by atoms with E-state index in [2.05, 4.69) is 15.2 Å². The molecular weight excluding hydrogens is 352 g/mol. The summed E-state index contributed by atoms with van der Waals surface area (Å²) in [6.45, 7) is 2.67. The molecule has 27 heavy (non-hydrogen) atoms. The highest BCUT2D eigenvalue weighted by atomic mass is 19.1. The van der Waals surface area contributed by atoms with Gasteiger partial charge in [-0.3, -0.25) is 0 Å². The molecule has 0 atom stereocenters. The van der Waals surface area contributed by atoms with Crippen LogP contribution < -0.4 is 10.1 Å². The number of rotatable bonds is 4. The smallest absolute Gasteiger partial charge is 0.214 e. The molecule has 0 radical (unpaired) electrons. The lowest BCUT2D eigenvalue weighted by atomic mass is 10.2. The zero-order valence-corrected chi connectivity index (χ0v) is 14.6. The van der Waals surface area contributed by atoms with Gasteiger partial charge in [-0.2, -0.15) is 0 Å². The third kappa shape index (κ3) is 4.19. The van der Waals surface area contributed by atoms with Gasteiger partial charge in [0.05, 0.1) is 0 Å². The summed E-state index contributed by atoms with van der Waals surface area (Å²) >= 11 is 0. The zero-order chi connectivity index (χ0) is 18.6. The van der Waals surface area contributed by atoms with Crippen molar-refractivity contribution in [1.29, 1.82) is 0 Å². The van der Waals surface area contributed by atoms with Crippen molar-refractivity contribution >= 4 is 5.90 Å². The molecule has 5 nitrogen and oxygen atoms in total. The summed E-state index contributed by atoms with van der Waals surface area (Å²) < 4.78 is 38.6. The molecule has 2 aliphatic heterocycles. The summed E-state index contributed by atoms with van der Waals surface area (Å²) in [6.07, 6.45) is 2.95. The summed E-state index contributed by atoms with van der Waals surface area (Å²) in [4.78, 5) is 6.53. The molecule has 0 aliphatic carbocycles. The van der Waals surface area contributed by atoms with E-state index in [1.54, 1.807) is 12.1 Å². The van der Waals surface area contributed by atoms with Crippen LogP contribution >= 0.6 is 0 Å². The second-order valence-electron chi connectivity index (χ2n) is 6.32. The molecule has 2 aliphatic rings. The van der Waals surface area contributed by atoms with Gasteiger partial charge in [-0.1, -0.05) is 12.1 Å². The fraction of sp³-hybridized carbons (Fsp3) is 0.250. The number of aliphatic imine (C=N–C) groups is 1. The predicted octanol–water partition coefficient (Wildman–Crippen LogP) is 3.78. The Hall–Kier alpha value is -3.09. The Balaban J connectivity index is 1.38. The van der Waals surface area contributed by atoms with Crippen LogP contribution in [0.2, 0.25) is 0 Å². The molecular formula is C20H19F2N3O2. The van der Waals surface area contributed by atoms with Crippen molar-refractivity contribution in [2.75, 3.05) is 19.8 Å². The molecule has 2 heterocycles. The van der Waals surface area contributed by atoms with Crippen LogP contribution in [0.5, 0.6) is 11.5 Å². The normalized spacial score (nSPS) is 16.0. The van der Waals surface area contributed by atoms with Crippen LogP contribution in [0, 0.1) is 11.6 Å². The van der Waals surface area contributed by atoms with Crippen LogP contribution in [-0.4, -0.2) is 30.6 Å². The van der Waals surface area contributed by atoms with E-state index in [0.29, 0.717) is 18.1 Å². The van der Waals surface area contributed by atoms with Crippen molar-refractivity contribution < 1.29 is 18.3 Å². The molecule has 140 valence electrons. The van der Waals surface area contributed by atoms with Gasteiger partial charge >= 0.3 is 0 Å². The minimum absolute atomic E-state index is 0.0310. The first-order chi connectivity index (χ1) is 13.2.